The molecule has 24 heavy (non-hydrogen) atoms. The molecule has 2 rings (SSSR count). The van der Waals surface area contributed by atoms with Crippen molar-refractivity contribution in [2.75, 3.05) is 14.2 Å². The third-order valence-corrected chi connectivity index (χ3v) is 3.41. The fraction of sp³-hybridized carbons (Fsp3) is 0.235. The van der Waals surface area contributed by atoms with Crippen LogP contribution in [0.25, 0.3) is 0 Å². The lowest BCUT2D eigenvalue weighted by Crippen LogP contribution is -2.09. The number of methoxy groups -OCH3 is 2. The van der Waals surface area contributed by atoms with E-state index in [0.717, 1.165) is 17.2 Å². The van der Waals surface area contributed by atoms with Crippen LogP contribution in [0.15, 0.2) is 36.4 Å². The zero-order valence-corrected chi connectivity index (χ0v) is 13.6. The molecule has 0 aromatic heterocycles. The molecule has 0 unspecified atom stereocenters. The lowest BCUT2D eigenvalue weighted by Gasteiger charge is -2.10. The number of hydrogen-bond donors (Lipinski definition) is 0. The number of hydrogen-bond acceptors (Lipinski definition) is 6. The molecule has 2 aromatic carbocycles. The Bertz CT molecular complexity index is 754. The Labute approximate surface area is 138 Å². The first kappa shape index (κ1) is 17.3. The van der Waals surface area contributed by atoms with Gasteiger partial charge in [0.1, 0.15) is 12.2 Å². The summed E-state index contributed by atoms with van der Waals surface area (Å²) in [5.74, 6) is -0.423. The number of nitro groups is 1. The standard InChI is InChI=1S/C17H17NO6/c1-11-4-6-12(7-5-11)10-24-17(19)13-8-15(22-2)16(23-3)9-14(13)18(20)21/h4-9H,10H2,1-3H3. The van der Waals surface area contributed by atoms with Crippen molar-refractivity contribution in [3.63, 3.8) is 0 Å². The lowest BCUT2D eigenvalue weighted by molar-refractivity contribution is -0.385. The Morgan fingerprint density at radius 1 is 1.08 bits per heavy atom. The minimum atomic E-state index is -0.803. The molecular formula is C17H17NO6. The smallest absolute Gasteiger partial charge is 0.345 e. The molecule has 126 valence electrons. The molecule has 0 saturated heterocycles. The van der Waals surface area contributed by atoms with Gasteiger partial charge in [0.25, 0.3) is 5.69 Å². The van der Waals surface area contributed by atoms with Crippen molar-refractivity contribution in [1.82, 2.24) is 0 Å². The summed E-state index contributed by atoms with van der Waals surface area (Å²) in [6.07, 6.45) is 0. The summed E-state index contributed by atoms with van der Waals surface area (Å²) >= 11 is 0. The Morgan fingerprint density at radius 2 is 1.67 bits per heavy atom. The van der Waals surface area contributed by atoms with E-state index in [-0.39, 0.29) is 23.7 Å². The Balaban J connectivity index is 2.26. The number of nitrogens with zero attached hydrogens (tertiary/aromatic N) is 1. The third kappa shape index (κ3) is 3.81. The number of carbonyl (C=O) groups excluding carboxylic acids is 1. The first-order chi connectivity index (χ1) is 11.5. The van der Waals surface area contributed by atoms with Crippen molar-refractivity contribution in [3.8, 4) is 11.5 Å². The van der Waals surface area contributed by atoms with Gasteiger partial charge in [0.2, 0.25) is 0 Å². The average molecular weight is 331 g/mol. The number of carbonyl (C=O) groups is 1. The summed E-state index contributed by atoms with van der Waals surface area (Å²) < 4.78 is 15.3. The average Bonchev–Trinajstić information content (AvgIpc) is 2.59. The number of nitro benzene ring substituents is 1. The molecular weight excluding hydrogens is 314 g/mol. The van der Waals surface area contributed by atoms with E-state index in [1.807, 2.05) is 31.2 Å². The van der Waals surface area contributed by atoms with Crippen LogP contribution in [0.3, 0.4) is 0 Å². The maximum Gasteiger partial charge on any atom is 0.345 e. The van der Waals surface area contributed by atoms with Crippen LogP contribution >= 0.6 is 0 Å². The fourth-order valence-electron chi connectivity index (χ4n) is 2.09. The van der Waals surface area contributed by atoms with Crippen LogP contribution in [0.4, 0.5) is 5.69 Å². The van der Waals surface area contributed by atoms with E-state index in [1.165, 1.54) is 20.3 Å². The molecule has 2 aromatic rings. The van der Waals surface area contributed by atoms with Crippen LogP contribution < -0.4 is 9.47 Å². The first-order valence-corrected chi connectivity index (χ1v) is 7.09. The van der Waals surface area contributed by atoms with Gasteiger partial charge in [0, 0.05) is 6.07 Å². The highest BCUT2D eigenvalue weighted by Crippen LogP contribution is 2.34. The van der Waals surface area contributed by atoms with Gasteiger partial charge < -0.3 is 14.2 Å². The highest BCUT2D eigenvalue weighted by Gasteiger charge is 2.25. The quantitative estimate of drug-likeness (QED) is 0.458. The number of rotatable bonds is 6. The molecule has 0 aliphatic carbocycles. The van der Waals surface area contributed by atoms with Crippen molar-refractivity contribution in [2.45, 2.75) is 13.5 Å². The molecule has 0 N–H and O–H groups in total. The summed E-state index contributed by atoms with van der Waals surface area (Å²) in [5.41, 5.74) is 1.28. The van der Waals surface area contributed by atoms with Crippen LogP contribution in [-0.2, 0) is 11.3 Å². The normalized spacial score (nSPS) is 10.1. The maximum atomic E-state index is 12.3. The van der Waals surface area contributed by atoms with Crippen LogP contribution in [0.2, 0.25) is 0 Å². The molecule has 7 nitrogen and oxygen atoms in total. The molecule has 0 bridgehead atoms. The van der Waals surface area contributed by atoms with Crippen molar-refractivity contribution in [2.24, 2.45) is 0 Å². The van der Waals surface area contributed by atoms with E-state index in [0.29, 0.717) is 0 Å². The molecule has 0 heterocycles. The number of ether oxygens (including phenoxy) is 3. The van der Waals surface area contributed by atoms with E-state index < -0.39 is 16.6 Å². The van der Waals surface area contributed by atoms with Crippen LogP contribution in [0, 0.1) is 17.0 Å². The molecule has 0 amide bonds. The van der Waals surface area contributed by atoms with Crippen molar-refractivity contribution in [3.05, 3.63) is 63.2 Å². The third-order valence-electron chi connectivity index (χ3n) is 3.41. The predicted molar refractivity (Wildman–Crippen MR) is 86.5 cm³/mol. The highest BCUT2D eigenvalue weighted by atomic mass is 16.6. The summed E-state index contributed by atoms with van der Waals surface area (Å²) in [6, 6.07) is 9.82. The Morgan fingerprint density at radius 3 is 2.21 bits per heavy atom. The van der Waals surface area contributed by atoms with E-state index >= 15 is 0 Å². The summed E-state index contributed by atoms with van der Waals surface area (Å²) in [6.45, 7) is 1.97. The van der Waals surface area contributed by atoms with Gasteiger partial charge in [0.05, 0.1) is 25.2 Å². The monoisotopic (exact) mass is 331 g/mol. The minimum absolute atomic E-state index is 0.0185. The number of esters is 1. The molecule has 0 fully saturated rings. The second-order valence-corrected chi connectivity index (χ2v) is 5.04. The van der Waals surface area contributed by atoms with Gasteiger partial charge in [-0.2, -0.15) is 0 Å². The second-order valence-electron chi connectivity index (χ2n) is 5.04. The largest absolute Gasteiger partial charge is 0.493 e. The predicted octanol–water partition coefficient (Wildman–Crippen LogP) is 3.28. The first-order valence-electron chi connectivity index (χ1n) is 7.09. The van der Waals surface area contributed by atoms with Crippen LogP contribution in [-0.4, -0.2) is 25.1 Å². The van der Waals surface area contributed by atoms with Crippen LogP contribution in [0.5, 0.6) is 11.5 Å². The van der Waals surface area contributed by atoms with E-state index in [2.05, 4.69) is 0 Å². The Kier molecular flexibility index (Phi) is 5.36. The molecule has 0 aliphatic rings. The van der Waals surface area contributed by atoms with Crippen molar-refractivity contribution >= 4 is 11.7 Å². The maximum absolute atomic E-state index is 12.3. The van der Waals surface area contributed by atoms with E-state index in [1.54, 1.807) is 0 Å². The number of aryl methyl sites for hydroxylation is 1. The van der Waals surface area contributed by atoms with Crippen molar-refractivity contribution < 1.29 is 23.9 Å². The molecule has 0 aliphatic heterocycles. The zero-order valence-electron chi connectivity index (χ0n) is 13.6. The summed E-state index contributed by atoms with van der Waals surface area (Å²) in [7, 11) is 2.74. The second kappa shape index (κ2) is 7.45. The van der Waals surface area contributed by atoms with Gasteiger partial charge in [-0.15, -0.1) is 0 Å². The Hall–Kier alpha value is -3.09. The van der Waals surface area contributed by atoms with Gasteiger partial charge >= 0.3 is 5.97 Å². The molecule has 0 saturated carbocycles. The van der Waals surface area contributed by atoms with Gasteiger partial charge in [0.15, 0.2) is 11.5 Å². The SMILES string of the molecule is COc1cc(C(=O)OCc2ccc(C)cc2)c([N+](=O)[O-])cc1OC. The highest BCUT2D eigenvalue weighted by molar-refractivity contribution is 5.95. The lowest BCUT2D eigenvalue weighted by atomic mass is 10.1. The topological polar surface area (TPSA) is 87.9 Å². The van der Waals surface area contributed by atoms with Gasteiger partial charge in [-0.3, -0.25) is 10.1 Å². The van der Waals surface area contributed by atoms with Gasteiger partial charge in [-0.25, -0.2) is 4.79 Å². The van der Waals surface area contributed by atoms with E-state index in [9.17, 15) is 14.9 Å². The van der Waals surface area contributed by atoms with Crippen molar-refractivity contribution in [1.29, 1.82) is 0 Å². The minimum Gasteiger partial charge on any atom is -0.493 e. The summed E-state index contributed by atoms with van der Waals surface area (Å²) in [4.78, 5) is 22.8. The molecule has 0 radical (unpaired) electrons. The fourth-order valence-corrected chi connectivity index (χ4v) is 2.09. The molecule has 7 heteroatoms. The van der Waals surface area contributed by atoms with Gasteiger partial charge in [-0.1, -0.05) is 29.8 Å². The molecule has 0 atom stereocenters. The zero-order chi connectivity index (χ0) is 17.7. The van der Waals surface area contributed by atoms with Crippen LogP contribution in [0.1, 0.15) is 21.5 Å². The summed E-state index contributed by atoms with van der Waals surface area (Å²) in [5, 5.41) is 11.2. The van der Waals surface area contributed by atoms with Gasteiger partial charge in [-0.05, 0) is 12.5 Å². The van der Waals surface area contributed by atoms with E-state index in [4.69, 9.17) is 14.2 Å². The number of benzene rings is 2. The molecule has 0 spiro atoms.